The number of aryl methyl sites for hydroxylation is 1. The molecule has 0 radical (unpaired) electrons. The van der Waals surface area contributed by atoms with Gasteiger partial charge in [0.1, 0.15) is 5.75 Å². The number of amides is 1. The number of aromatic nitrogens is 3. The molecule has 4 aromatic rings. The molecule has 0 spiro atoms. The van der Waals surface area contributed by atoms with Crippen LogP contribution in [-0.2, 0) is 4.79 Å². The molecule has 0 unspecified atom stereocenters. The molecule has 0 aliphatic heterocycles. The summed E-state index contributed by atoms with van der Waals surface area (Å²) in [4.78, 5) is 12.4. The molecule has 0 bridgehead atoms. The second-order valence-corrected chi connectivity index (χ2v) is 8.35. The van der Waals surface area contributed by atoms with Gasteiger partial charge in [0.25, 0.3) is 5.91 Å². The zero-order valence-corrected chi connectivity index (χ0v) is 19.1. The van der Waals surface area contributed by atoms with Gasteiger partial charge in [0.05, 0.1) is 11.5 Å². The number of hydrogen-bond acceptors (Lipinski definition) is 6. The molecule has 0 saturated carbocycles. The maximum atomic E-state index is 12.4. The number of carbonyl (C=O) groups excluding carboxylic acids is 1. The topological polar surface area (TPSA) is 92.4 Å². The van der Waals surface area contributed by atoms with Crippen LogP contribution in [0.25, 0.3) is 17.1 Å². The number of hydrazone groups is 1. The predicted molar refractivity (Wildman–Crippen MR) is 131 cm³/mol. The molecular formula is C25H23N5O2S. The second-order valence-electron chi connectivity index (χ2n) is 7.41. The van der Waals surface area contributed by atoms with Crippen LogP contribution in [0.1, 0.15) is 18.1 Å². The molecule has 1 amide bonds. The van der Waals surface area contributed by atoms with Crippen LogP contribution in [0, 0.1) is 6.92 Å². The lowest BCUT2D eigenvalue weighted by atomic mass is 10.1. The third kappa shape index (κ3) is 5.48. The summed E-state index contributed by atoms with van der Waals surface area (Å²) in [5.74, 6) is 0.771. The summed E-state index contributed by atoms with van der Waals surface area (Å²) in [6.07, 6.45) is 0. The number of phenolic OH excluding ortho intramolecular Hbond substituents is 1. The van der Waals surface area contributed by atoms with E-state index in [1.54, 1.807) is 31.2 Å². The third-order valence-electron chi connectivity index (χ3n) is 4.92. The minimum atomic E-state index is -0.252. The van der Waals surface area contributed by atoms with E-state index in [1.807, 2.05) is 66.1 Å². The maximum Gasteiger partial charge on any atom is 0.250 e. The van der Waals surface area contributed by atoms with Crippen molar-refractivity contribution in [1.29, 1.82) is 0 Å². The Labute approximate surface area is 196 Å². The maximum absolute atomic E-state index is 12.4. The monoisotopic (exact) mass is 457 g/mol. The van der Waals surface area contributed by atoms with Crippen LogP contribution in [0.5, 0.6) is 5.75 Å². The second kappa shape index (κ2) is 10.1. The number of nitrogens with zero attached hydrogens (tertiary/aromatic N) is 4. The fraction of sp³-hybridized carbons (Fsp3) is 0.120. The van der Waals surface area contributed by atoms with Crippen molar-refractivity contribution in [3.63, 3.8) is 0 Å². The highest BCUT2D eigenvalue weighted by molar-refractivity contribution is 7.99. The summed E-state index contributed by atoms with van der Waals surface area (Å²) in [5, 5.41) is 22.9. The number of rotatable bonds is 7. The van der Waals surface area contributed by atoms with Crippen LogP contribution in [-0.4, -0.2) is 37.2 Å². The number of phenols is 1. The lowest BCUT2D eigenvalue weighted by Gasteiger charge is -2.10. The Kier molecular flexibility index (Phi) is 6.85. The van der Waals surface area contributed by atoms with E-state index in [2.05, 4.69) is 20.7 Å². The van der Waals surface area contributed by atoms with Gasteiger partial charge in [-0.3, -0.25) is 9.36 Å². The molecule has 2 N–H and O–H groups in total. The van der Waals surface area contributed by atoms with E-state index in [0.29, 0.717) is 16.7 Å². The van der Waals surface area contributed by atoms with Gasteiger partial charge in [-0.05, 0) is 55.8 Å². The van der Waals surface area contributed by atoms with Gasteiger partial charge in [-0.15, -0.1) is 10.2 Å². The first-order valence-corrected chi connectivity index (χ1v) is 11.3. The molecule has 7 nitrogen and oxygen atoms in total. The summed E-state index contributed by atoms with van der Waals surface area (Å²) in [7, 11) is 0. The van der Waals surface area contributed by atoms with E-state index >= 15 is 0 Å². The fourth-order valence-electron chi connectivity index (χ4n) is 3.14. The lowest BCUT2D eigenvalue weighted by Crippen LogP contribution is -2.21. The van der Waals surface area contributed by atoms with Crippen molar-refractivity contribution in [1.82, 2.24) is 20.2 Å². The molecule has 8 heteroatoms. The molecule has 33 heavy (non-hydrogen) atoms. The number of carbonyl (C=O) groups is 1. The summed E-state index contributed by atoms with van der Waals surface area (Å²) < 4.78 is 1.95. The Bertz CT molecular complexity index is 1270. The number of hydrogen-bond donors (Lipinski definition) is 2. The van der Waals surface area contributed by atoms with Crippen molar-refractivity contribution in [3.05, 3.63) is 90.0 Å². The van der Waals surface area contributed by atoms with Crippen LogP contribution < -0.4 is 5.43 Å². The van der Waals surface area contributed by atoms with Crippen LogP contribution in [0.2, 0.25) is 0 Å². The van der Waals surface area contributed by atoms with Crippen molar-refractivity contribution in [3.8, 4) is 22.8 Å². The highest BCUT2D eigenvalue weighted by Crippen LogP contribution is 2.28. The Morgan fingerprint density at radius 3 is 2.39 bits per heavy atom. The quantitative estimate of drug-likeness (QED) is 0.241. The Hall–Kier alpha value is -3.91. The minimum Gasteiger partial charge on any atom is -0.508 e. The Morgan fingerprint density at radius 1 is 1.00 bits per heavy atom. The Balaban J connectivity index is 1.51. The molecule has 0 fully saturated rings. The predicted octanol–water partition coefficient (Wildman–Crippen LogP) is 4.58. The summed E-state index contributed by atoms with van der Waals surface area (Å²) in [5.41, 5.74) is 7.06. The lowest BCUT2D eigenvalue weighted by molar-refractivity contribution is -0.118. The number of nitrogens with one attached hydrogen (secondary N) is 1. The van der Waals surface area contributed by atoms with E-state index in [0.717, 1.165) is 16.8 Å². The number of benzene rings is 3. The smallest absolute Gasteiger partial charge is 0.250 e. The molecule has 0 aliphatic rings. The van der Waals surface area contributed by atoms with Gasteiger partial charge < -0.3 is 5.11 Å². The molecule has 3 aromatic carbocycles. The van der Waals surface area contributed by atoms with Crippen LogP contribution >= 0.6 is 11.8 Å². The summed E-state index contributed by atoms with van der Waals surface area (Å²) >= 11 is 1.29. The van der Waals surface area contributed by atoms with E-state index in [9.17, 15) is 9.90 Å². The zero-order chi connectivity index (χ0) is 23.2. The van der Waals surface area contributed by atoms with Gasteiger partial charge in [-0.25, -0.2) is 5.43 Å². The molecule has 1 heterocycles. The first-order chi connectivity index (χ1) is 16.0. The summed E-state index contributed by atoms with van der Waals surface area (Å²) in [6, 6.07) is 24.6. The van der Waals surface area contributed by atoms with Crippen molar-refractivity contribution in [2.24, 2.45) is 5.10 Å². The molecule has 4 rings (SSSR count). The molecule has 0 saturated heterocycles. The van der Waals surface area contributed by atoms with E-state index in [4.69, 9.17) is 0 Å². The molecule has 166 valence electrons. The van der Waals surface area contributed by atoms with Crippen molar-refractivity contribution >= 4 is 23.4 Å². The van der Waals surface area contributed by atoms with E-state index in [1.165, 1.54) is 17.3 Å². The summed E-state index contributed by atoms with van der Waals surface area (Å²) in [6.45, 7) is 3.83. The van der Waals surface area contributed by atoms with Crippen LogP contribution in [0.4, 0.5) is 0 Å². The zero-order valence-electron chi connectivity index (χ0n) is 18.3. The molecule has 1 aromatic heterocycles. The van der Waals surface area contributed by atoms with Gasteiger partial charge in [-0.1, -0.05) is 59.8 Å². The van der Waals surface area contributed by atoms with Crippen molar-refractivity contribution in [2.45, 2.75) is 19.0 Å². The number of para-hydroxylation sites is 1. The van der Waals surface area contributed by atoms with E-state index < -0.39 is 0 Å². The standard InChI is InChI=1S/C25H23N5O2S/c1-17-8-10-20(11-9-17)24-28-29-25(30(24)21-6-4-3-5-7-21)33-16-23(32)27-26-18(2)19-12-14-22(31)15-13-19/h3-15,31H,16H2,1-2H3,(H,27,32)/b26-18+. The minimum absolute atomic E-state index is 0.130. The van der Waals surface area contributed by atoms with Gasteiger partial charge in [-0.2, -0.15) is 5.10 Å². The highest BCUT2D eigenvalue weighted by atomic mass is 32.2. The average molecular weight is 458 g/mol. The number of thioether (sulfide) groups is 1. The van der Waals surface area contributed by atoms with Crippen LogP contribution in [0.3, 0.4) is 0 Å². The first kappa shape index (κ1) is 22.3. The van der Waals surface area contributed by atoms with Gasteiger partial charge in [0, 0.05) is 11.3 Å². The first-order valence-electron chi connectivity index (χ1n) is 10.3. The third-order valence-corrected chi connectivity index (χ3v) is 5.85. The van der Waals surface area contributed by atoms with Crippen molar-refractivity contribution in [2.75, 3.05) is 5.75 Å². The average Bonchev–Trinajstić information content (AvgIpc) is 3.26. The largest absolute Gasteiger partial charge is 0.508 e. The fourth-order valence-corrected chi connectivity index (χ4v) is 3.88. The van der Waals surface area contributed by atoms with Crippen LogP contribution in [0.15, 0.2) is 89.1 Å². The highest BCUT2D eigenvalue weighted by Gasteiger charge is 2.17. The molecule has 0 aliphatic carbocycles. The van der Waals surface area contributed by atoms with Crippen molar-refractivity contribution < 1.29 is 9.90 Å². The Morgan fingerprint density at radius 2 is 1.70 bits per heavy atom. The van der Waals surface area contributed by atoms with E-state index in [-0.39, 0.29) is 17.4 Å². The normalized spacial score (nSPS) is 11.4. The number of aromatic hydroxyl groups is 1. The molecule has 0 atom stereocenters. The molecular weight excluding hydrogens is 434 g/mol. The SMILES string of the molecule is C/C(=N\NC(=O)CSc1nnc(-c2ccc(C)cc2)n1-c1ccccc1)c1ccc(O)cc1. The van der Waals surface area contributed by atoms with Gasteiger partial charge in [0.15, 0.2) is 11.0 Å². The van der Waals surface area contributed by atoms with Gasteiger partial charge in [0.2, 0.25) is 0 Å². The van der Waals surface area contributed by atoms with Gasteiger partial charge >= 0.3 is 0 Å².